The number of alkyl halides is 3. The molecular formula is C18H14F4N2O. The fraction of sp³-hybridized carbons (Fsp3) is 0.167. The van der Waals surface area contributed by atoms with Crippen LogP contribution in [0.15, 0.2) is 48.5 Å². The molecule has 0 spiro atoms. The Labute approximate surface area is 141 Å². The van der Waals surface area contributed by atoms with Crippen molar-refractivity contribution in [2.75, 3.05) is 19.1 Å². The van der Waals surface area contributed by atoms with Crippen molar-refractivity contribution < 1.29 is 22.3 Å². The highest BCUT2D eigenvalue weighted by Gasteiger charge is 2.34. The predicted octanol–water partition coefficient (Wildman–Crippen LogP) is 5.17. The van der Waals surface area contributed by atoms with Crippen LogP contribution in [0.3, 0.4) is 0 Å². The smallest absolute Gasteiger partial charge is 0.433 e. The number of aromatic nitrogens is 1. The van der Waals surface area contributed by atoms with Gasteiger partial charge in [0.25, 0.3) is 0 Å². The summed E-state index contributed by atoms with van der Waals surface area (Å²) < 4.78 is 58.2. The number of nitrogens with zero attached hydrogens (tertiary/aromatic N) is 2. The standard InChI is InChI=1S/C18H14F4N2O/c1-24(12-4-6-13(25-2)7-5-12)16-10-17(18(20,21)22)23-15-8-3-11(19)9-14(15)16/h3-10H,1-2H3. The first-order valence-electron chi connectivity index (χ1n) is 7.35. The molecule has 0 fully saturated rings. The third kappa shape index (κ3) is 3.35. The minimum absolute atomic E-state index is 0.0755. The van der Waals surface area contributed by atoms with Crippen LogP contribution < -0.4 is 9.64 Å². The van der Waals surface area contributed by atoms with Crippen LogP contribution in [0.1, 0.15) is 5.69 Å². The van der Waals surface area contributed by atoms with Gasteiger partial charge in [-0.2, -0.15) is 13.2 Å². The molecule has 0 unspecified atom stereocenters. The highest BCUT2D eigenvalue weighted by atomic mass is 19.4. The Morgan fingerprint density at radius 2 is 1.68 bits per heavy atom. The maximum Gasteiger partial charge on any atom is 0.433 e. The molecule has 0 atom stereocenters. The monoisotopic (exact) mass is 350 g/mol. The van der Waals surface area contributed by atoms with Gasteiger partial charge in [-0.3, -0.25) is 0 Å². The van der Waals surface area contributed by atoms with Crippen LogP contribution in [0.25, 0.3) is 10.9 Å². The molecule has 0 amide bonds. The second kappa shape index (κ2) is 6.23. The van der Waals surface area contributed by atoms with Gasteiger partial charge in [0.2, 0.25) is 0 Å². The molecule has 0 aliphatic heterocycles. The van der Waals surface area contributed by atoms with E-state index in [9.17, 15) is 17.6 Å². The lowest BCUT2D eigenvalue weighted by Crippen LogP contribution is -2.14. The zero-order valence-electron chi connectivity index (χ0n) is 13.4. The van der Waals surface area contributed by atoms with E-state index in [1.54, 1.807) is 36.2 Å². The molecule has 0 N–H and O–H groups in total. The van der Waals surface area contributed by atoms with E-state index in [1.807, 2.05) is 0 Å². The van der Waals surface area contributed by atoms with Crippen molar-refractivity contribution >= 4 is 22.3 Å². The van der Waals surface area contributed by atoms with Gasteiger partial charge in [0.1, 0.15) is 17.3 Å². The van der Waals surface area contributed by atoms with Crippen LogP contribution in [0.2, 0.25) is 0 Å². The molecular weight excluding hydrogens is 336 g/mol. The Morgan fingerprint density at radius 3 is 2.28 bits per heavy atom. The average Bonchev–Trinajstić information content (AvgIpc) is 2.59. The topological polar surface area (TPSA) is 25.4 Å². The number of anilines is 2. The van der Waals surface area contributed by atoms with Gasteiger partial charge in [-0.05, 0) is 48.5 Å². The van der Waals surface area contributed by atoms with Crippen molar-refractivity contribution in [3.63, 3.8) is 0 Å². The molecule has 7 heteroatoms. The van der Waals surface area contributed by atoms with Gasteiger partial charge in [0.05, 0.1) is 18.3 Å². The quantitative estimate of drug-likeness (QED) is 0.610. The molecule has 0 aliphatic rings. The maximum atomic E-state index is 13.6. The second-order valence-electron chi connectivity index (χ2n) is 5.44. The summed E-state index contributed by atoms with van der Waals surface area (Å²) in [6.07, 6.45) is -4.60. The molecule has 1 heterocycles. The van der Waals surface area contributed by atoms with E-state index >= 15 is 0 Å². The summed E-state index contributed by atoms with van der Waals surface area (Å²) in [6, 6.07) is 11.2. The summed E-state index contributed by atoms with van der Waals surface area (Å²) in [6.45, 7) is 0. The molecule has 3 nitrogen and oxygen atoms in total. The van der Waals surface area contributed by atoms with Gasteiger partial charge in [-0.1, -0.05) is 0 Å². The molecule has 0 bridgehead atoms. The average molecular weight is 350 g/mol. The number of fused-ring (bicyclic) bond motifs is 1. The van der Waals surface area contributed by atoms with Gasteiger partial charge in [-0.25, -0.2) is 9.37 Å². The minimum atomic E-state index is -4.60. The van der Waals surface area contributed by atoms with Crippen molar-refractivity contribution in [3.05, 3.63) is 60.0 Å². The number of hydrogen-bond acceptors (Lipinski definition) is 3. The fourth-order valence-electron chi connectivity index (χ4n) is 2.55. The van der Waals surface area contributed by atoms with E-state index in [4.69, 9.17) is 4.74 Å². The van der Waals surface area contributed by atoms with E-state index in [2.05, 4.69) is 4.98 Å². The summed E-state index contributed by atoms with van der Waals surface area (Å²) in [4.78, 5) is 5.17. The number of hydrogen-bond donors (Lipinski definition) is 0. The van der Waals surface area contributed by atoms with Crippen LogP contribution >= 0.6 is 0 Å². The van der Waals surface area contributed by atoms with Crippen molar-refractivity contribution in [1.29, 1.82) is 0 Å². The van der Waals surface area contributed by atoms with Crippen molar-refractivity contribution in [1.82, 2.24) is 4.98 Å². The van der Waals surface area contributed by atoms with E-state index in [1.165, 1.54) is 19.2 Å². The summed E-state index contributed by atoms with van der Waals surface area (Å²) in [5.74, 6) is 0.0807. The Bertz CT molecular complexity index is 907. The Hall–Kier alpha value is -2.83. The molecule has 3 aromatic rings. The zero-order valence-corrected chi connectivity index (χ0v) is 13.4. The Kier molecular flexibility index (Phi) is 4.24. The molecule has 0 aliphatic carbocycles. The van der Waals surface area contributed by atoms with Crippen LogP contribution in [0.5, 0.6) is 5.75 Å². The highest BCUT2D eigenvalue weighted by Crippen LogP contribution is 2.37. The molecule has 130 valence electrons. The largest absolute Gasteiger partial charge is 0.497 e. The van der Waals surface area contributed by atoms with Crippen molar-refractivity contribution in [2.45, 2.75) is 6.18 Å². The Balaban J connectivity index is 2.19. The first-order chi connectivity index (χ1) is 11.8. The molecule has 3 rings (SSSR count). The van der Waals surface area contributed by atoms with Gasteiger partial charge in [0, 0.05) is 18.1 Å². The van der Waals surface area contributed by atoms with Crippen LogP contribution in [0, 0.1) is 5.82 Å². The normalized spacial score (nSPS) is 11.6. The number of rotatable bonds is 3. The summed E-state index contributed by atoms with van der Waals surface area (Å²) in [5, 5.41) is 0.298. The molecule has 1 aromatic heterocycles. The third-order valence-electron chi connectivity index (χ3n) is 3.86. The molecule has 25 heavy (non-hydrogen) atoms. The number of ether oxygens (including phenoxy) is 1. The third-order valence-corrected chi connectivity index (χ3v) is 3.86. The van der Waals surface area contributed by atoms with E-state index in [0.29, 0.717) is 16.8 Å². The molecule has 0 radical (unpaired) electrons. The predicted molar refractivity (Wildman–Crippen MR) is 87.8 cm³/mol. The van der Waals surface area contributed by atoms with Crippen molar-refractivity contribution in [3.8, 4) is 5.75 Å². The van der Waals surface area contributed by atoms with Gasteiger partial charge in [0.15, 0.2) is 0 Å². The van der Waals surface area contributed by atoms with Crippen molar-refractivity contribution in [2.24, 2.45) is 0 Å². The zero-order chi connectivity index (χ0) is 18.2. The van der Waals surface area contributed by atoms with E-state index in [-0.39, 0.29) is 11.2 Å². The highest BCUT2D eigenvalue weighted by molar-refractivity contribution is 5.94. The van der Waals surface area contributed by atoms with E-state index < -0.39 is 17.7 Å². The molecule has 0 saturated heterocycles. The van der Waals surface area contributed by atoms with Crippen LogP contribution in [-0.4, -0.2) is 19.1 Å². The van der Waals surface area contributed by atoms with Gasteiger partial charge < -0.3 is 9.64 Å². The summed E-state index contributed by atoms with van der Waals surface area (Å²) in [7, 11) is 3.13. The fourth-order valence-corrected chi connectivity index (χ4v) is 2.55. The number of benzene rings is 2. The lowest BCUT2D eigenvalue weighted by atomic mass is 10.1. The first-order valence-corrected chi connectivity index (χ1v) is 7.35. The Morgan fingerprint density at radius 1 is 1.00 bits per heavy atom. The van der Waals surface area contributed by atoms with Gasteiger partial charge in [-0.15, -0.1) is 0 Å². The minimum Gasteiger partial charge on any atom is -0.497 e. The summed E-state index contributed by atoms with van der Waals surface area (Å²) in [5.41, 5.74) is -0.110. The van der Waals surface area contributed by atoms with E-state index in [0.717, 1.165) is 12.1 Å². The number of halogens is 4. The lowest BCUT2D eigenvalue weighted by Gasteiger charge is -2.23. The van der Waals surface area contributed by atoms with Crippen LogP contribution in [-0.2, 0) is 6.18 Å². The first kappa shape index (κ1) is 17.0. The number of methoxy groups -OCH3 is 1. The number of pyridine rings is 1. The van der Waals surface area contributed by atoms with Crippen LogP contribution in [0.4, 0.5) is 28.9 Å². The molecule has 0 saturated carbocycles. The maximum absolute atomic E-state index is 13.6. The molecule has 2 aromatic carbocycles. The SMILES string of the molecule is COc1ccc(N(C)c2cc(C(F)(F)F)nc3ccc(F)cc23)cc1. The summed E-state index contributed by atoms with van der Waals surface area (Å²) >= 11 is 0. The lowest BCUT2D eigenvalue weighted by molar-refractivity contribution is -0.140. The van der Waals surface area contributed by atoms with Gasteiger partial charge >= 0.3 is 6.18 Å². The second-order valence-corrected chi connectivity index (χ2v) is 5.44.